The number of benzene rings is 2. The lowest BCUT2D eigenvalue weighted by Crippen LogP contribution is -2.20. The van der Waals surface area contributed by atoms with E-state index in [2.05, 4.69) is 78.9 Å². The number of aromatic hydroxyl groups is 1. The number of amides is 1. The van der Waals surface area contributed by atoms with E-state index in [1.807, 2.05) is 18.2 Å². The third-order valence-corrected chi connectivity index (χ3v) is 5.09. The van der Waals surface area contributed by atoms with Crippen molar-refractivity contribution >= 4 is 11.6 Å². The molecular formula is C26H37NO2. The van der Waals surface area contributed by atoms with Gasteiger partial charge in [0.15, 0.2) is 0 Å². The standard InChI is InChI=1S/C26H37NO2/c1-17(2)13-18-9-11-19(12-10-18)14-23(28)27-22-16-20(25(3,4)5)15-21(24(22)29)26(6,7)8/h9-12,15-17,29H,13-14H2,1-8H3,(H,27,28). The highest BCUT2D eigenvalue weighted by Crippen LogP contribution is 2.40. The first-order valence-corrected chi connectivity index (χ1v) is 10.5. The fraction of sp³-hybridized carbons (Fsp3) is 0.500. The fourth-order valence-electron chi connectivity index (χ4n) is 3.38. The minimum absolute atomic E-state index is 0.0839. The van der Waals surface area contributed by atoms with Crippen LogP contribution in [0.2, 0.25) is 0 Å². The summed E-state index contributed by atoms with van der Waals surface area (Å²) in [6.07, 6.45) is 1.32. The van der Waals surface area contributed by atoms with Crippen LogP contribution >= 0.6 is 0 Å². The van der Waals surface area contributed by atoms with E-state index in [1.54, 1.807) is 0 Å². The normalized spacial score (nSPS) is 12.3. The molecule has 158 valence electrons. The van der Waals surface area contributed by atoms with Crippen LogP contribution in [0.5, 0.6) is 5.75 Å². The summed E-state index contributed by atoms with van der Waals surface area (Å²) in [5.41, 5.74) is 4.37. The maximum atomic E-state index is 12.7. The molecule has 0 radical (unpaired) electrons. The van der Waals surface area contributed by atoms with Crippen LogP contribution in [0.15, 0.2) is 36.4 Å². The van der Waals surface area contributed by atoms with Crippen molar-refractivity contribution in [1.82, 2.24) is 0 Å². The Bertz CT molecular complexity index is 850. The molecule has 0 unspecified atom stereocenters. The molecule has 0 aliphatic carbocycles. The molecule has 0 heterocycles. The van der Waals surface area contributed by atoms with Gasteiger partial charge in [0.2, 0.25) is 5.91 Å². The summed E-state index contributed by atoms with van der Waals surface area (Å²) in [4.78, 5) is 12.7. The number of carbonyl (C=O) groups excluding carboxylic acids is 1. The number of hydrogen-bond acceptors (Lipinski definition) is 2. The summed E-state index contributed by atoms with van der Waals surface area (Å²) < 4.78 is 0. The maximum Gasteiger partial charge on any atom is 0.228 e. The van der Waals surface area contributed by atoms with Crippen molar-refractivity contribution in [2.75, 3.05) is 5.32 Å². The van der Waals surface area contributed by atoms with E-state index in [9.17, 15) is 9.90 Å². The predicted octanol–water partition coefficient (Wildman–Crippen LogP) is 6.37. The van der Waals surface area contributed by atoms with Crippen LogP contribution in [0.25, 0.3) is 0 Å². The highest BCUT2D eigenvalue weighted by atomic mass is 16.3. The smallest absolute Gasteiger partial charge is 0.228 e. The molecule has 0 fully saturated rings. The van der Waals surface area contributed by atoms with Crippen molar-refractivity contribution in [2.24, 2.45) is 5.92 Å². The Balaban J connectivity index is 2.25. The first kappa shape index (κ1) is 23.0. The quantitative estimate of drug-likeness (QED) is 0.578. The van der Waals surface area contributed by atoms with Crippen molar-refractivity contribution in [3.8, 4) is 5.75 Å². The molecule has 2 aromatic rings. The number of rotatable bonds is 5. The third-order valence-electron chi connectivity index (χ3n) is 5.09. The molecule has 0 aliphatic rings. The lowest BCUT2D eigenvalue weighted by Gasteiger charge is -2.27. The zero-order valence-corrected chi connectivity index (χ0v) is 19.3. The fourth-order valence-corrected chi connectivity index (χ4v) is 3.38. The number of carbonyl (C=O) groups is 1. The van der Waals surface area contributed by atoms with Crippen LogP contribution in [-0.4, -0.2) is 11.0 Å². The zero-order valence-electron chi connectivity index (χ0n) is 19.3. The van der Waals surface area contributed by atoms with Gasteiger partial charge in [-0.05, 0) is 45.9 Å². The summed E-state index contributed by atoms with van der Waals surface area (Å²) in [7, 11) is 0. The van der Waals surface area contributed by atoms with Gasteiger partial charge in [-0.1, -0.05) is 85.7 Å². The van der Waals surface area contributed by atoms with Crippen LogP contribution in [0.3, 0.4) is 0 Å². The number of hydrogen-bond donors (Lipinski definition) is 2. The summed E-state index contributed by atoms with van der Waals surface area (Å²) in [6.45, 7) is 17.0. The molecule has 0 aromatic heterocycles. The molecule has 0 saturated heterocycles. The van der Waals surface area contributed by atoms with Crippen molar-refractivity contribution < 1.29 is 9.90 Å². The van der Waals surface area contributed by atoms with E-state index >= 15 is 0 Å². The highest BCUT2D eigenvalue weighted by molar-refractivity contribution is 5.94. The Morgan fingerprint density at radius 1 is 0.931 bits per heavy atom. The predicted molar refractivity (Wildman–Crippen MR) is 123 cm³/mol. The van der Waals surface area contributed by atoms with Gasteiger partial charge >= 0.3 is 0 Å². The first-order chi connectivity index (χ1) is 13.3. The molecule has 3 nitrogen and oxygen atoms in total. The lowest BCUT2D eigenvalue weighted by molar-refractivity contribution is -0.115. The molecule has 3 heteroatoms. The molecule has 0 atom stereocenters. The summed E-state index contributed by atoms with van der Waals surface area (Å²) >= 11 is 0. The zero-order chi connectivity index (χ0) is 22.0. The largest absolute Gasteiger partial charge is 0.505 e. The molecule has 2 aromatic carbocycles. The van der Waals surface area contributed by atoms with E-state index in [0.29, 0.717) is 11.6 Å². The molecule has 2 rings (SSSR count). The number of anilines is 1. The number of phenols is 1. The molecule has 0 spiro atoms. The van der Waals surface area contributed by atoms with E-state index in [1.165, 1.54) is 5.56 Å². The minimum Gasteiger partial charge on any atom is -0.505 e. The molecule has 0 aliphatic heterocycles. The number of phenolic OH excluding ortho intramolecular Hbond substituents is 1. The van der Waals surface area contributed by atoms with Crippen LogP contribution in [0, 0.1) is 5.92 Å². The second kappa shape index (κ2) is 8.61. The van der Waals surface area contributed by atoms with Crippen LogP contribution in [0.1, 0.15) is 77.6 Å². The molecule has 0 saturated carbocycles. The molecule has 1 amide bonds. The Hall–Kier alpha value is -2.29. The van der Waals surface area contributed by atoms with Gasteiger partial charge in [0, 0.05) is 5.56 Å². The van der Waals surface area contributed by atoms with Gasteiger partial charge in [0.25, 0.3) is 0 Å². The van der Waals surface area contributed by atoms with Gasteiger partial charge in [-0.2, -0.15) is 0 Å². The number of nitrogens with one attached hydrogen (secondary N) is 1. The maximum absolute atomic E-state index is 12.7. The van der Waals surface area contributed by atoms with Gasteiger partial charge in [-0.3, -0.25) is 4.79 Å². The summed E-state index contributed by atoms with van der Waals surface area (Å²) in [5.74, 6) is 0.646. The second-order valence-corrected chi connectivity index (χ2v) is 10.6. The van der Waals surface area contributed by atoms with Gasteiger partial charge in [0.05, 0.1) is 12.1 Å². The van der Waals surface area contributed by atoms with Gasteiger partial charge < -0.3 is 10.4 Å². The second-order valence-electron chi connectivity index (χ2n) is 10.6. The molecule has 29 heavy (non-hydrogen) atoms. The summed E-state index contributed by atoms with van der Waals surface area (Å²) in [6, 6.07) is 12.2. The highest BCUT2D eigenvalue weighted by Gasteiger charge is 2.25. The Kier molecular flexibility index (Phi) is 6.82. The van der Waals surface area contributed by atoms with E-state index in [-0.39, 0.29) is 28.9 Å². The van der Waals surface area contributed by atoms with Crippen LogP contribution < -0.4 is 5.32 Å². The van der Waals surface area contributed by atoms with Crippen molar-refractivity contribution in [3.63, 3.8) is 0 Å². The van der Waals surface area contributed by atoms with Gasteiger partial charge in [0.1, 0.15) is 5.75 Å². The minimum atomic E-state index is -0.225. The van der Waals surface area contributed by atoms with Crippen molar-refractivity contribution in [3.05, 3.63) is 58.7 Å². The van der Waals surface area contributed by atoms with Gasteiger partial charge in [-0.25, -0.2) is 0 Å². The first-order valence-electron chi connectivity index (χ1n) is 10.5. The van der Waals surface area contributed by atoms with Gasteiger partial charge in [-0.15, -0.1) is 0 Å². The lowest BCUT2D eigenvalue weighted by atomic mass is 9.79. The third kappa shape index (κ3) is 6.35. The summed E-state index contributed by atoms with van der Waals surface area (Å²) in [5, 5.41) is 13.8. The van der Waals surface area contributed by atoms with Crippen molar-refractivity contribution in [2.45, 2.75) is 79.1 Å². The van der Waals surface area contributed by atoms with E-state index in [0.717, 1.165) is 23.1 Å². The average molecular weight is 396 g/mol. The molecule has 0 bridgehead atoms. The van der Waals surface area contributed by atoms with Crippen LogP contribution in [0.4, 0.5) is 5.69 Å². The van der Waals surface area contributed by atoms with Crippen molar-refractivity contribution in [1.29, 1.82) is 0 Å². The molecular weight excluding hydrogens is 358 g/mol. The SMILES string of the molecule is CC(C)Cc1ccc(CC(=O)Nc2cc(C(C)(C)C)cc(C(C)(C)C)c2O)cc1. The monoisotopic (exact) mass is 395 g/mol. The Morgan fingerprint density at radius 3 is 1.97 bits per heavy atom. The molecule has 2 N–H and O–H groups in total. The van der Waals surface area contributed by atoms with E-state index < -0.39 is 0 Å². The Morgan fingerprint density at radius 2 is 1.48 bits per heavy atom. The Labute approximate surface area is 176 Å². The topological polar surface area (TPSA) is 49.3 Å². The average Bonchev–Trinajstić information content (AvgIpc) is 2.56. The van der Waals surface area contributed by atoms with E-state index in [4.69, 9.17) is 0 Å². The van der Waals surface area contributed by atoms with Crippen LogP contribution in [-0.2, 0) is 28.5 Å².